The molecule has 0 atom stereocenters. The van der Waals surface area contributed by atoms with Gasteiger partial charge in [-0.05, 0) is 61.6 Å². The van der Waals surface area contributed by atoms with Crippen molar-refractivity contribution in [2.45, 2.75) is 44.6 Å². The highest BCUT2D eigenvalue weighted by molar-refractivity contribution is 6.30. The number of aliphatic imine (C=N–C) groups is 1. The van der Waals surface area contributed by atoms with Crippen molar-refractivity contribution in [3.05, 3.63) is 34.9 Å². The lowest BCUT2D eigenvalue weighted by Crippen LogP contribution is -2.44. The van der Waals surface area contributed by atoms with Crippen molar-refractivity contribution in [1.82, 2.24) is 5.32 Å². The van der Waals surface area contributed by atoms with Crippen molar-refractivity contribution in [2.24, 2.45) is 16.1 Å². The lowest BCUT2D eigenvalue weighted by molar-refractivity contribution is 0.381. The first-order chi connectivity index (χ1) is 9.65. The summed E-state index contributed by atoms with van der Waals surface area (Å²) in [5.41, 5.74) is 7.57. The van der Waals surface area contributed by atoms with Crippen molar-refractivity contribution < 1.29 is 0 Å². The van der Waals surface area contributed by atoms with Crippen LogP contribution in [0, 0.1) is 5.41 Å². The first kappa shape index (κ1) is 13.7. The number of nitrogens with two attached hydrogens (primary N) is 1. The molecule has 0 bridgehead atoms. The van der Waals surface area contributed by atoms with Gasteiger partial charge in [0, 0.05) is 17.6 Å². The van der Waals surface area contributed by atoms with Crippen LogP contribution in [-0.4, -0.2) is 18.5 Å². The van der Waals surface area contributed by atoms with Crippen LogP contribution in [0.25, 0.3) is 0 Å². The number of halogens is 1. The van der Waals surface area contributed by atoms with Crippen LogP contribution in [-0.2, 0) is 6.42 Å². The summed E-state index contributed by atoms with van der Waals surface area (Å²) in [4.78, 5) is 4.55. The van der Waals surface area contributed by atoms with Crippen molar-refractivity contribution in [3.8, 4) is 0 Å². The van der Waals surface area contributed by atoms with Gasteiger partial charge in [0.1, 0.15) is 0 Å². The summed E-state index contributed by atoms with van der Waals surface area (Å²) in [7, 11) is 0. The van der Waals surface area contributed by atoms with Gasteiger partial charge in [-0.2, -0.15) is 0 Å². The van der Waals surface area contributed by atoms with Crippen LogP contribution in [0.5, 0.6) is 0 Å². The average Bonchev–Trinajstić information content (AvgIpc) is 3.12. The summed E-state index contributed by atoms with van der Waals surface area (Å²) in [5, 5.41) is 4.11. The van der Waals surface area contributed by atoms with Gasteiger partial charge in [-0.1, -0.05) is 23.7 Å². The van der Waals surface area contributed by atoms with E-state index < -0.39 is 0 Å². The van der Waals surface area contributed by atoms with Crippen LogP contribution in [0.2, 0.25) is 5.02 Å². The minimum atomic E-state index is 0.316. The lowest BCUT2D eigenvalue weighted by Gasteiger charge is -2.27. The zero-order chi connectivity index (χ0) is 14.0. The minimum Gasteiger partial charge on any atom is -0.370 e. The number of rotatable bonds is 5. The Balaban J connectivity index is 1.54. The van der Waals surface area contributed by atoms with E-state index in [0.717, 1.165) is 18.0 Å². The number of benzene rings is 1. The van der Waals surface area contributed by atoms with Crippen molar-refractivity contribution in [1.29, 1.82) is 0 Å². The van der Waals surface area contributed by atoms with Gasteiger partial charge in [0.25, 0.3) is 0 Å². The van der Waals surface area contributed by atoms with Crippen molar-refractivity contribution in [2.75, 3.05) is 6.54 Å². The van der Waals surface area contributed by atoms with Gasteiger partial charge < -0.3 is 11.1 Å². The predicted octanol–water partition coefficient (Wildman–Crippen LogP) is 3.12. The summed E-state index contributed by atoms with van der Waals surface area (Å²) in [6, 6.07) is 8.70. The second kappa shape index (κ2) is 5.65. The molecule has 1 aromatic carbocycles. The lowest BCUT2D eigenvalue weighted by atomic mass is 9.93. The highest BCUT2D eigenvalue weighted by atomic mass is 35.5. The summed E-state index contributed by atoms with van der Waals surface area (Å²) in [5.74, 6) is 0.618. The summed E-state index contributed by atoms with van der Waals surface area (Å²) in [6.07, 6.45) is 7.28. The molecule has 2 aliphatic rings. The Kier molecular flexibility index (Phi) is 3.88. The van der Waals surface area contributed by atoms with E-state index in [9.17, 15) is 0 Å². The predicted molar refractivity (Wildman–Crippen MR) is 84.1 cm³/mol. The Morgan fingerprint density at radius 1 is 1.40 bits per heavy atom. The molecule has 20 heavy (non-hydrogen) atoms. The number of nitrogens with zero attached hydrogens (tertiary/aromatic N) is 1. The van der Waals surface area contributed by atoms with E-state index in [1.54, 1.807) is 0 Å². The number of nitrogens with one attached hydrogen (secondary N) is 1. The molecule has 0 spiro atoms. The van der Waals surface area contributed by atoms with Gasteiger partial charge in [0.15, 0.2) is 5.96 Å². The minimum absolute atomic E-state index is 0.316. The van der Waals surface area contributed by atoms with Crippen LogP contribution in [0.1, 0.15) is 37.7 Å². The molecule has 3 rings (SSSR count). The van der Waals surface area contributed by atoms with Gasteiger partial charge in [0.2, 0.25) is 0 Å². The van der Waals surface area contributed by atoms with E-state index in [1.165, 1.54) is 37.7 Å². The summed E-state index contributed by atoms with van der Waals surface area (Å²) in [6.45, 7) is 0.824. The van der Waals surface area contributed by atoms with Crippen LogP contribution in [0.15, 0.2) is 29.3 Å². The third-order valence-electron chi connectivity index (χ3n) is 4.47. The Bertz CT molecular complexity index is 504. The summed E-state index contributed by atoms with van der Waals surface area (Å²) >= 11 is 6.04. The zero-order valence-corrected chi connectivity index (χ0v) is 12.5. The molecule has 0 heterocycles. The molecule has 0 radical (unpaired) electrons. The maximum absolute atomic E-state index is 6.04. The average molecular weight is 292 g/mol. The van der Waals surface area contributed by atoms with Crippen LogP contribution >= 0.6 is 11.6 Å². The summed E-state index contributed by atoms with van der Waals surface area (Å²) < 4.78 is 0. The molecule has 1 aromatic rings. The SMILES string of the molecule is NC(=NCC1(Cc2cccc(Cl)c2)CC1)NC1CCC1. The number of hydrogen-bond acceptors (Lipinski definition) is 1. The Labute approximate surface area is 125 Å². The normalized spacial score (nSPS) is 21.4. The second-order valence-electron chi connectivity index (χ2n) is 6.28. The maximum Gasteiger partial charge on any atom is 0.188 e. The number of hydrogen-bond donors (Lipinski definition) is 2. The topological polar surface area (TPSA) is 50.4 Å². The van der Waals surface area contributed by atoms with Crippen LogP contribution < -0.4 is 11.1 Å². The molecule has 0 saturated heterocycles. The molecular weight excluding hydrogens is 270 g/mol. The number of guanidine groups is 1. The molecule has 3 nitrogen and oxygen atoms in total. The highest BCUT2D eigenvalue weighted by Gasteiger charge is 2.42. The molecule has 0 amide bonds. The van der Waals surface area contributed by atoms with Gasteiger partial charge in [0.05, 0.1) is 0 Å². The van der Waals surface area contributed by atoms with Gasteiger partial charge in [-0.15, -0.1) is 0 Å². The van der Waals surface area contributed by atoms with E-state index in [4.69, 9.17) is 17.3 Å². The molecule has 0 aromatic heterocycles. The first-order valence-corrected chi connectivity index (χ1v) is 7.84. The highest BCUT2D eigenvalue weighted by Crippen LogP contribution is 2.48. The van der Waals surface area contributed by atoms with E-state index in [1.807, 2.05) is 12.1 Å². The molecular formula is C16H22ClN3. The Morgan fingerprint density at radius 3 is 2.80 bits per heavy atom. The van der Waals surface area contributed by atoms with Gasteiger partial charge in [-0.25, -0.2) is 0 Å². The van der Waals surface area contributed by atoms with Crippen molar-refractivity contribution in [3.63, 3.8) is 0 Å². The third kappa shape index (κ3) is 3.45. The first-order valence-electron chi connectivity index (χ1n) is 7.46. The molecule has 108 valence electrons. The zero-order valence-electron chi connectivity index (χ0n) is 11.7. The van der Waals surface area contributed by atoms with E-state index in [2.05, 4.69) is 22.4 Å². The molecule has 2 saturated carbocycles. The fraction of sp³-hybridized carbons (Fsp3) is 0.562. The van der Waals surface area contributed by atoms with E-state index in [0.29, 0.717) is 17.4 Å². The van der Waals surface area contributed by atoms with Crippen molar-refractivity contribution >= 4 is 17.6 Å². The molecule has 3 N–H and O–H groups in total. The molecule has 0 aliphatic heterocycles. The van der Waals surface area contributed by atoms with Gasteiger partial charge >= 0.3 is 0 Å². The van der Waals surface area contributed by atoms with Crippen LogP contribution in [0.3, 0.4) is 0 Å². The molecule has 2 aliphatic carbocycles. The Hall–Kier alpha value is -1.22. The van der Waals surface area contributed by atoms with Crippen LogP contribution in [0.4, 0.5) is 0 Å². The van der Waals surface area contributed by atoms with E-state index in [-0.39, 0.29) is 0 Å². The third-order valence-corrected chi connectivity index (χ3v) is 4.70. The standard InChI is InChI=1S/C16H22ClN3/c17-13-4-1-3-12(9-13)10-16(7-8-16)11-19-15(18)20-14-5-2-6-14/h1,3-4,9,14H,2,5-8,10-11H2,(H3,18,19,20). The second-order valence-corrected chi connectivity index (χ2v) is 6.72. The molecule has 0 unspecified atom stereocenters. The fourth-order valence-electron chi connectivity index (χ4n) is 2.71. The monoisotopic (exact) mass is 291 g/mol. The molecule has 2 fully saturated rings. The largest absolute Gasteiger partial charge is 0.370 e. The fourth-order valence-corrected chi connectivity index (χ4v) is 2.92. The van der Waals surface area contributed by atoms with Gasteiger partial charge in [-0.3, -0.25) is 4.99 Å². The molecule has 4 heteroatoms. The quantitative estimate of drug-likeness (QED) is 0.647. The Morgan fingerprint density at radius 2 is 2.20 bits per heavy atom. The smallest absolute Gasteiger partial charge is 0.188 e. The van der Waals surface area contributed by atoms with E-state index >= 15 is 0 Å². The maximum atomic E-state index is 6.04.